The summed E-state index contributed by atoms with van der Waals surface area (Å²) in [6, 6.07) is 7.25. The van der Waals surface area contributed by atoms with Crippen molar-refractivity contribution in [3.05, 3.63) is 59.1 Å². The van der Waals surface area contributed by atoms with E-state index >= 15 is 0 Å². The molecule has 0 aliphatic carbocycles. The molecule has 0 radical (unpaired) electrons. The zero-order chi connectivity index (χ0) is 56.1. The lowest BCUT2D eigenvalue weighted by atomic mass is 10.0. The predicted molar refractivity (Wildman–Crippen MR) is 271 cm³/mol. The van der Waals surface area contributed by atoms with Crippen LogP contribution in [-0.4, -0.2) is 139 Å². The molecule has 7 atom stereocenters. The largest absolute Gasteiger partial charge is 0.461 e. The van der Waals surface area contributed by atoms with Gasteiger partial charge in [0, 0.05) is 30.3 Å². The summed E-state index contributed by atoms with van der Waals surface area (Å²) in [7, 11) is 0. The van der Waals surface area contributed by atoms with E-state index in [1.165, 1.54) is 13.8 Å². The minimum absolute atomic E-state index is 0.0432. The number of aliphatic hydroxyl groups excluding tert-OH is 1. The highest BCUT2D eigenvalue weighted by Crippen LogP contribution is 2.24. The van der Waals surface area contributed by atoms with Crippen molar-refractivity contribution in [2.45, 2.75) is 162 Å². The fourth-order valence-corrected chi connectivity index (χ4v) is 6.70. The van der Waals surface area contributed by atoms with Gasteiger partial charge < -0.3 is 67.0 Å². The summed E-state index contributed by atoms with van der Waals surface area (Å²) in [5.41, 5.74) is 6.33. The first kappa shape index (κ1) is 63.9. The normalized spacial score (nSPS) is 14.6. The zero-order valence-electron chi connectivity index (χ0n) is 44.0. The number of aliphatic hydroxyl groups is 1. The van der Waals surface area contributed by atoms with E-state index in [2.05, 4.69) is 42.0 Å². The fraction of sp³-hybridized carbons (Fsp3) is 0.600. The Bertz CT molecular complexity index is 2190. The molecule has 0 aliphatic heterocycles. The molecule has 414 valence electrons. The van der Waals surface area contributed by atoms with Crippen LogP contribution in [-0.2, 0) is 42.9 Å². The van der Waals surface area contributed by atoms with Gasteiger partial charge in [-0.25, -0.2) is 14.4 Å². The minimum atomic E-state index is -4.43. The van der Waals surface area contributed by atoms with Crippen LogP contribution in [0.1, 0.15) is 112 Å². The number of unbranched alkanes of at least 4 members (excludes halogenated alkanes) is 1. The minimum Gasteiger partial charge on any atom is -0.461 e. The Morgan fingerprint density at radius 1 is 0.662 bits per heavy atom. The van der Waals surface area contributed by atoms with Gasteiger partial charge in [0.25, 0.3) is 11.8 Å². The van der Waals surface area contributed by atoms with Gasteiger partial charge >= 0.3 is 24.1 Å². The number of hydrogen-bond acceptors (Lipinski definition) is 14. The predicted octanol–water partition coefficient (Wildman–Crippen LogP) is 4.21. The Morgan fingerprint density at radius 3 is 1.70 bits per heavy atom. The number of nitrogens with one attached hydrogen (secondary N) is 7. The molecule has 10 N–H and O–H groups in total. The molecule has 0 saturated carbocycles. The molecule has 2 aromatic rings. The first-order valence-electron chi connectivity index (χ1n) is 24.3. The van der Waals surface area contributed by atoms with Gasteiger partial charge in [0.2, 0.25) is 17.7 Å². The number of ether oxygens (including phenoxy) is 4. The quantitative estimate of drug-likeness (QED) is 0.0262. The highest BCUT2D eigenvalue weighted by molar-refractivity contribution is 6.30. The topological polar surface area (TPSA) is 304 Å². The van der Waals surface area contributed by atoms with Gasteiger partial charge in [0.15, 0.2) is 6.17 Å². The van der Waals surface area contributed by atoms with Crippen LogP contribution in [0.15, 0.2) is 48.5 Å². The number of carbonyl (C=O) groups excluding carboxylic acids is 8. The van der Waals surface area contributed by atoms with Crippen LogP contribution in [0.3, 0.4) is 0 Å². The number of esters is 1. The van der Waals surface area contributed by atoms with Crippen molar-refractivity contribution in [2.24, 2.45) is 11.7 Å². The first-order valence-corrected chi connectivity index (χ1v) is 24.6. The molecular formula is C50H75ClF2N8O13. The number of nitrogens with two attached hydrogens (primary N) is 1. The second-order valence-electron chi connectivity index (χ2n) is 19.8. The van der Waals surface area contributed by atoms with Crippen LogP contribution in [0.25, 0.3) is 11.1 Å². The summed E-state index contributed by atoms with van der Waals surface area (Å²) in [5, 5.41) is 28.1. The Balaban J connectivity index is 2.38. The Labute approximate surface area is 436 Å². The van der Waals surface area contributed by atoms with Crippen LogP contribution in [0.4, 0.5) is 18.4 Å². The lowest BCUT2D eigenvalue weighted by Gasteiger charge is -2.29. The molecule has 0 spiro atoms. The van der Waals surface area contributed by atoms with E-state index in [-0.39, 0.29) is 56.9 Å². The number of hydrogen-bond donors (Lipinski definition) is 9. The third kappa shape index (κ3) is 22.9. The van der Waals surface area contributed by atoms with E-state index in [9.17, 15) is 52.2 Å². The van der Waals surface area contributed by atoms with Crippen molar-refractivity contribution in [1.29, 1.82) is 0 Å². The number of halogens is 3. The van der Waals surface area contributed by atoms with Gasteiger partial charge in [-0.1, -0.05) is 49.7 Å². The van der Waals surface area contributed by atoms with E-state index in [4.69, 9.17) is 31.5 Å². The SMILES string of the molecule is CCOC(=O)C(F)(F)C(O)C(C)NC(=O)[C@H](CCCCNC(=O)OC(C)(C)C)NC(=O)[C@H](N)NC(=O)[C@@H](NC(=O)[C@H](CCNC(=O)OC(C)(C)C)NC(=O)c1ccc(-c2ccc(Cl)cc2)cc1)[C@@H](C)OCC(C)C. The highest BCUT2D eigenvalue weighted by atomic mass is 35.5. The van der Waals surface area contributed by atoms with Crippen LogP contribution in [0.2, 0.25) is 5.02 Å². The van der Waals surface area contributed by atoms with Gasteiger partial charge in [-0.15, -0.1) is 0 Å². The summed E-state index contributed by atoms with van der Waals surface area (Å²) in [5.74, 6) is -11.4. The number of alkyl halides is 2. The Kier molecular flexibility index (Phi) is 25.6. The van der Waals surface area contributed by atoms with Crippen LogP contribution >= 0.6 is 11.6 Å². The number of benzene rings is 2. The van der Waals surface area contributed by atoms with Gasteiger partial charge in [-0.2, -0.15) is 8.78 Å². The molecule has 0 saturated heterocycles. The Hall–Kier alpha value is -6.17. The molecule has 2 unspecified atom stereocenters. The lowest BCUT2D eigenvalue weighted by molar-refractivity contribution is -0.191. The van der Waals surface area contributed by atoms with Crippen LogP contribution < -0.4 is 43.0 Å². The molecule has 0 aliphatic rings. The number of carbonyl (C=O) groups is 8. The standard InChI is InChI=1S/C50H75ClF2N8O13/c1-12-71-45(68)50(52,53)38(62)29(4)57-41(64)35(15-13-14-25-55-46(69)73-48(6,7)8)59-44(67)39(54)61-43(66)37(30(5)72-27-28(2)3)60-42(65)36(24-26-56-47(70)74-49(9,10)11)58-40(63)33-18-16-31(17-19-33)32-20-22-34(51)23-21-32/h16-23,28-30,35-39,62H,12-15,24-27,54H2,1-11H3,(H,55,69)(H,56,70)(H,57,64)(H,58,63)(H,59,67)(H,60,65)(H,61,66)/t29?,30-,35+,36+,37+,38?,39-/m1/s1. The second kappa shape index (κ2) is 29.7. The lowest BCUT2D eigenvalue weighted by Crippen LogP contribution is -2.63. The second-order valence-corrected chi connectivity index (χ2v) is 20.2. The molecule has 2 rings (SSSR count). The summed E-state index contributed by atoms with van der Waals surface area (Å²) in [6.45, 7) is 17.0. The molecule has 0 fully saturated rings. The Morgan fingerprint density at radius 2 is 1.18 bits per heavy atom. The highest BCUT2D eigenvalue weighted by Gasteiger charge is 2.51. The summed E-state index contributed by atoms with van der Waals surface area (Å²) in [6.07, 6.45) is -7.31. The molecular weight excluding hydrogens is 994 g/mol. The maximum absolute atomic E-state index is 14.7. The van der Waals surface area contributed by atoms with Gasteiger partial charge in [-0.3, -0.25) is 24.0 Å². The van der Waals surface area contributed by atoms with Crippen molar-refractivity contribution < 1.29 is 71.2 Å². The molecule has 74 heavy (non-hydrogen) atoms. The van der Waals surface area contributed by atoms with Gasteiger partial charge in [-0.05, 0) is 129 Å². The first-order chi connectivity index (χ1) is 34.3. The smallest absolute Gasteiger partial charge is 0.407 e. The average molecular weight is 1070 g/mol. The fourth-order valence-electron chi connectivity index (χ4n) is 6.57. The third-order valence-electron chi connectivity index (χ3n) is 10.4. The van der Waals surface area contributed by atoms with E-state index < -0.39 is 114 Å². The zero-order valence-corrected chi connectivity index (χ0v) is 44.7. The van der Waals surface area contributed by atoms with Crippen molar-refractivity contribution in [3.8, 4) is 11.1 Å². The molecule has 7 amide bonds. The molecule has 2 aromatic carbocycles. The molecule has 21 nitrogen and oxygen atoms in total. The van der Waals surface area contributed by atoms with Crippen molar-refractivity contribution in [1.82, 2.24) is 37.2 Å². The maximum atomic E-state index is 14.7. The van der Waals surface area contributed by atoms with E-state index in [1.807, 2.05) is 26.0 Å². The summed E-state index contributed by atoms with van der Waals surface area (Å²) in [4.78, 5) is 106. The number of rotatable bonds is 27. The molecule has 0 bridgehead atoms. The van der Waals surface area contributed by atoms with Crippen molar-refractivity contribution in [3.63, 3.8) is 0 Å². The molecule has 0 heterocycles. The van der Waals surface area contributed by atoms with Crippen LogP contribution in [0.5, 0.6) is 0 Å². The third-order valence-corrected chi connectivity index (χ3v) is 10.6. The molecule has 24 heteroatoms. The van der Waals surface area contributed by atoms with Crippen LogP contribution in [0, 0.1) is 5.92 Å². The number of amides is 7. The van der Waals surface area contributed by atoms with E-state index in [0.29, 0.717) is 5.02 Å². The van der Waals surface area contributed by atoms with Gasteiger partial charge in [0.1, 0.15) is 35.4 Å². The molecule has 0 aromatic heterocycles. The average Bonchev–Trinajstić information content (AvgIpc) is 3.30. The van der Waals surface area contributed by atoms with Crippen molar-refractivity contribution >= 4 is 59.3 Å². The summed E-state index contributed by atoms with van der Waals surface area (Å²) >= 11 is 6.04. The number of alkyl carbamates (subject to hydrolysis) is 2. The van der Waals surface area contributed by atoms with Crippen molar-refractivity contribution in [2.75, 3.05) is 26.3 Å². The maximum Gasteiger partial charge on any atom is 0.407 e. The summed E-state index contributed by atoms with van der Waals surface area (Å²) < 4.78 is 50.2. The van der Waals surface area contributed by atoms with Gasteiger partial charge in [0.05, 0.1) is 18.8 Å². The van der Waals surface area contributed by atoms with E-state index in [1.54, 1.807) is 77.9 Å². The monoisotopic (exact) mass is 1070 g/mol. The van der Waals surface area contributed by atoms with E-state index in [0.717, 1.165) is 18.1 Å².